The Balaban J connectivity index is 1.80. The van der Waals surface area contributed by atoms with Gasteiger partial charge in [0.25, 0.3) is 0 Å². The highest BCUT2D eigenvalue weighted by Gasteiger charge is 2.24. The van der Waals surface area contributed by atoms with Crippen molar-refractivity contribution in [2.45, 2.75) is 32.1 Å². The van der Waals surface area contributed by atoms with Crippen molar-refractivity contribution in [3.63, 3.8) is 0 Å². The zero-order valence-corrected chi connectivity index (χ0v) is 10.5. The quantitative estimate of drug-likeness (QED) is 0.768. The number of hydrogen-bond acceptors (Lipinski definition) is 3. The van der Waals surface area contributed by atoms with Crippen LogP contribution in [0.1, 0.15) is 42.5 Å². The van der Waals surface area contributed by atoms with Gasteiger partial charge in [-0.25, -0.2) is 0 Å². The second-order valence-electron chi connectivity index (χ2n) is 5.11. The third-order valence-corrected chi connectivity index (χ3v) is 3.82. The largest absolute Gasteiger partial charge is 0.486 e. The Kier molecular flexibility index (Phi) is 3.22. The molecule has 1 aromatic carbocycles. The summed E-state index contributed by atoms with van der Waals surface area (Å²) in [6.45, 7) is 1.09. The average Bonchev–Trinajstić information content (AvgIpc) is 2.91. The molecular weight excluding hydrogens is 228 g/mol. The number of benzene rings is 1. The first-order valence-electron chi connectivity index (χ1n) is 6.76. The van der Waals surface area contributed by atoms with Gasteiger partial charge in [-0.3, -0.25) is 4.79 Å². The van der Waals surface area contributed by atoms with E-state index in [4.69, 9.17) is 9.47 Å². The minimum Gasteiger partial charge on any atom is -0.486 e. The van der Waals surface area contributed by atoms with Gasteiger partial charge in [0, 0.05) is 6.42 Å². The molecule has 0 spiro atoms. The Bertz CT molecular complexity index is 447. The molecule has 1 saturated carbocycles. The number of fused-ring (bicyclic) bond motifs is 1. The van der Waals surface area contributed by atoms with Crippen LogP contribution in [-0.4, -0.2) is 19.0 Å². The molecule has 2 aliphatic rings. The number of carbonyl (C=O) groups is 1. The summed E-state index contributed by atoms with van der Waals surface area (Å²) in [5.41, 5.74) is 0.694. The lowest BCUT2D eigenvalue weighted by Gasteiger charge is -2.20. The molecule has 3 nitrogen and oxygen atoms in total. The van der Waals surface area contributed by atoms with E-state index in [0.29, 0.717) is 42.6 Å². The molecule has 1 aromatic rings. The van der Waals surface area contributed by atoms with Crippen LogP contribution in [0.2, 0.25) is 0 Å². The van der Waals surface area contributed by atoms with Gasteiger partial charge in [0.1, 0.15) is 13.2 Å². The fourth-order valence-corrected chi connectivity index (χ4v) is 2.88. The summed E-state index contributed by atoms with van der Waals surface area (Å²) >= 11 is 0. The third kappa shape index (κ3) is 2.22. The fourth-order valence-electron chi connectivity index (χ4n) is 2.88. The number of ether oxygens (including phenoxy) is 2. The van der Waals surface area contributed by atoms with Gasteiger partial charge in [-0.2, -0.15) is 0 Å². The smallest absolute Gasteiger partial charge is 0.172 e. The average molecular weight is 246 g/mol. The van der Waals surface area contributed by atoms with E-state index in [1.807, 2.05) is 18.2 Å². The van der Waals surface area contributed by atoms with E-state index in [-0.39, 0.29) is 5.78 Å². The van der Waals surface area contributed by atoms with E-state index in [1.165, 1.54) is 25.7 Å². The number of Topliss-reactive ketones (excluding diaryl/α,β-unsaturated/α-hetero) is 1. The monoisotopic (exact) mass is 246 g/mol. The summed E-state index contributed by atoms with van der Waals surface area (Å²) < 4.78 is 11.1. The molecule has 0 saturated heterocycles. The Hall–Kier alpha value is -1.51. The predicted octanol–water partition coefficient (Wildman–Crippen LogP) is 3.22. The molecule has 0 atom stereocenters. The van der Waals surface area contributed by atoms with Crippen LogP contribution in [0, 0.1) is 5.92 Å². The normalized spacial score (nSPS) is 18.9. The van der Waals surface area contributed by atoms with Gasteiger partial charge in [0.15, 0.2) is 17.3 Å². The van der Waals surface area contributed by atoms with Crippen LogP contribution >= 0.6 is 0 Å². The topological polar surface area (TPSA) is 35.5 Å². The Labute approximate surface area is 107 Å². The first-order chi connectivity index (χ1) is 8.84. The highest BCUT2D eigenvalue weighted by molar-refractivity contribution is 5.99. The van der Waals surface area contributed by atoms with E-state index >= 15 is 0 Å². The van der Waals surface area contributed by atoms with Gasteiger partial charge < -0.3 is 9.47 Å². The first kappa shape index (κ1) is 11.6. The maximum Gasteiger partial charge on any atom is 0.172 e. The zero-order chi connectivity index (χ0) is 12.4. The molecule has 3 heteroatoms. The third-order valence-electron chi connectivity index (χ3n) is 3.82. The van der Waals surface area contributed by atoms with Gasteiger partial charge in [-0.1, -0.05) is 31.7 Å². The van der Waals surface area contributed by atoms with Crippen molar-refractivity contribution < 1.29 is 14.3 Å². The summed E-state index contributed by atoms with van der Waals surface area (Å²) in [6, 6.07) is 5.58. The lowest BCUT2D eigenvalue weighted by Crippen LogP contribution is -2.18. The van der Waals surface area contributed by atoms with E-state index in [1.54, 1.807) is 0 Å². The van der Waals surface area contributed by atoms with Crippen LogP contribution in [0.3, 0.4) is 0 Å². The van der Waals surface area contributed by atoms with Gasteiger partial charge in [0.2, 0.25) is 0 Å². The molecule has 0 amide bonds. The maximum atomic E-state index is 12.3. The predicted molar refractivity (Wildman–Crippen MR) is 68.3 cm³/mol. The first-order valence-corrected chi connectivity index (χ1v) is 6.76. The van der Waals surface area contributed by atoms with Gasteiger partial charge in [0.05, 0.1) is 5.56 Å². The fraction of sp³-hybridized carbons (Fsp3) is 0.533. The molecule has 3 rings (SSSR count). The summed E-state index contributed by atoms with van der Waals surface area (Å²) in [7, 11) is 0. The summed E-state index contributed by atoms with van der Waals surface area (Å²) in [6.07, 6.45) is 5.57. The molecular formula is C15H18O3. The Morgan fingerprint density at radius 2 is 1.94 bits per heavy atom. The lowest BCUT2D eigenvalue weighted by molar-refractivity contribution is 0.0951. The van der Waals surface area contributed by atoms with E-state index in [9.17, 15) is 4.79 Å². The molecule has 1 fully saturated rings. The van der Waals surface area contributed by atoms with Crippen LogP contribution in [0.5, 0.6) is 11.5 Å². The van der Waals surface area contributed by atoms with E-state index < -0.39 is 0 Å². The van der Waals surface area contributed by atoms with Crippen molar-refractivity contribution in [1.82, 2.24) is 0 Å². The molecule has 1 heterocycles. The molecule has 0 aromatic heterocycles. The van der Waals surface area contributed by atoms with Gasteiger partial charge >= 0.3 is 0 Å². The van der Waals surface area contributed by atoms with Crippen LogP contribution in [0.4, 0.5) is 0 Å². The molecule has 0 N–H and O–H groups in total. The second kappa shape index (κ2) is 5.01. The standard InChI is InChI=1S/C15H18O3/c16-13(10-11-4-1-2-5-11)12-6-3-7-14-15(12)18-9-8-17-14/h3,6-7,11H,1-2,4-5,8-10H2. The summed E-state index contributed by atoms with van der Waals surface area (Å²) in [5.74, 6) is 2.12. The maximum absolute atomic E-state index is 12.3. The minimum absolute atomic E-state index is 0.198. The van der Waals surface area contributed by atoms with Crippen molar-refractivity contribution in [3.8, 4) is 11.5 Å². The van der Waals surface area contributed by atoms with Crippen molar-refractivity contribution in [2.75, 3.05) is 13.2 Å². The number of carbonyl (C=O) groups excluding carboxylic acids is 1. The van der Waals surface area contributed by atoms with E-state index in [2.05, 4.69) is 0 Å². The molecule has 1 aliphatic carbocycles. The second-order valence-corrected chi connectivity index (χ2v) is 5.11. The van der Waals surface area contributed by atoms with Crippen molar-refractivity contribution in [3.05, 3.63) is 23.8 Å². The van der Waals surface area contributed by atoms with Crippen molar-refractivity contribution in [1.29, 1.82) is 0 Å². The Morgan fingerprint density at radius 3 is 2.78 bits per heavy atom. The van der Waals surface area contributed by atoms with E-state index in [0.717, 1.165) is 0 Å². The number of hydrogen-bond donors (Lipinski definition) is 0. The highest BCUT2D eigenvalue weighted by atomic mass is 16.6. The van der Waals surface area contributed by atoms with Crippen molar-refractivity contribution >= 4 is 5.78 Å². The van der Waals surface area contributed by atoms with Crippen molar-refractivity contribution in [2.24, 2.45) is 5.92 Å². The van der Waals surface area contributed by atoms with Crippen LogP contribution in [-0.2, 0) is 0 Å². The Morgan fingerprint density at radius 1 is 1.17 bits per heavy atom. The lowest BCUT2D eigenvalue weighted by atomic mass is 9.96. The summed E-state index contributed by atoms with van der Waals surface area (Å²) in [4.78, 5) is 12.3. The molecule has 18 heavy (non-hydrogen) atoms. The molecule has 0 radical (unpaired) electrons. The molecule has 96 valence electrons. The number of rotatable bonds is 3. The van der Waals surface area contributed by atoms with Gasteiger partial charge in [-0.15, -0.1) is 0 Å². The van der Waals surface area contributed by atoms with Crippen LogP contribution in [0.25, 0.3) is 0 Å². The number of para-hydroxylation sites is 1. The molecule has 1 aliphatic heterocycles. The highest BCUT2D eigenvalue weighted by Crippen LogP contribution is 2.36. The molecule has 0 unspecified atom stereocenters. The zero-order valence-electron chi connectivity index (χ0n) is 10.5. The SMILES string of the molecule is O=C(CC1CCCC1)c1cccc2c1OCCO2. The van der Waals surface area contributed by atoms with Crippen LogP contribution in [0.15, 0.2) is 18.2 Å². The number of ketones is 1. The minimum atomic E-state index is 0.198. The van der Waals surface area contributed by atoms with Crippen LogP contribution < -0.4 is 9.47 Å². The van der Waals surface area contributed by atoms with Gasteiger partial charge in [-0.05, 0) is 18.1 Å². The summed E-state index contributed by atoms with van der Waals surface area (Å²) in [5, 5.41) is 0. The molecule has 0 bridgehead atoms.